The van der Waals surface area contributed by atoms with E-state index in [1.54, 1.807) is 0 Å². The molecular formula is C14H20. The fraction of sp³-hybridized carbons (Fsp3) is 0.429. The molecule has 0 nitrogen and oxygen atoms in total. The lowest BCUT2D eigenvalue weighted by atomic mass is 9.96. The average molecular weight is 188 g/mol. The first kappa shape index (κ1) is 11.0. The molecule has 0 N–H and O–H groups in total. The van der Waals surface area contributed by atoms with Gasteiger partial charge in [-0.3, -0.25) is 0 Å². The summed E-state index contributed by atoms with van der Waals surface area (Å²) in [6, 6.07) is 6.74. The summed E-state index contributed by atoms with van der Waals surface area (Å²) in [5.41, 5.74) is 5.64. The molecule has 0 spiro atoms. The Labute approximate surface area is 87.7 Å². The summed E-state index contributed by atoms with van der Waals surface area (Å²) in [6.45, 7) is 8.76. The summed E-state index contributed by atoms with van der Waals surface area (Å²) in [5.74, 6) is 0. The van der Waals surface area contributed by atoms with Gasteiger partial charge >= 0.3 is 0 Å². The first-order valence-electron chi connectivity index (χ1n) is 5.45. The van der Waals surface area contributed by atoms with E-state index in [-0.39, 0.29) is 0 Å². The van der Waals surface area contributed by atoms with Crippen LogP contribution < -0.4 is 0 Å². The number of aryl methyl sites for hydroxylation is 2. The molecular weight excluding hydrogens is 168 g/mol. The van der Waals surface area contributed by atoms with Crippen LogP contribution in [0.15, 0.2) is 24.3 Å². The standard InChI is InChI=1S/C14H20/c1-5-7-12(4)14-10-11(3)8-9-13(14)6-2/h7-10H,5-6H2,1-4H3/b12-7-. The molecule has 0 aliphatic heterocycles. The lowest BCUT2D eigenvalue weighted by molar-refractivity contribution is 1.12. The molecule has 0 aromatic heterocycles. The van der Waals surface area contributed by atoms with Crippen LogP contribution in [0.2, 0.25) is 0 Å². The second-order valence-electron chi connectivity index (χ2n) is 3.81. The van der Waals surface area contributed by atoms with Crippen LogP contribution in [0, 0.1) is 6.92 Å². The van der Waals surface area contributed by atoms with Crippen LogP contribution >= 0.6 is 0 Å². The zero-order valence-electron chi connectivity index (χ0n) is 9.72. The van der Waals surface area contributed by atoms with Gasteiger partial charge in [0.25, 0.3) is 0 Å². The molecule has 0 atom stereocenters. The summed E-state index contributed by atoms with van der Waals surface area (Å²) in [6.07, 6.45) is 4.53. The lowest BCUT2D eigenvalue weighted by Crippen LogP contribution is -1.91. The van der Waals surface area contributed by atoms with Gasteiger partial charge in [0.1, 0.15) is 0 Å². The highest BCUT2D eigenvalue weighted by molar-refractivity contribution is 5.67. The summed E-state index contributed by atoms with van der Waals surface area (Å²) in [7, 11) is 0. The van der Waals surface area contributed by atoms with E-state index in [9.17, 15) is 0 Å². The summed E-state index contributed by atoms with van der Waals surface area (Å²) in [4.78, 5) is 0. The zero-order valence-corrected chi connectivity index (χ0v) is 9.72. The van der Waals surface area contributed by atoms with Gasteiger partial charge in [0.15, 0.2) is 0 Å². The number of rotatable bonds is 3. The van der Waals surface area contributed by atoms with Crippen molar-refractivity contribution >= 4 is 5.57 Å². The quantitative estimate of drug-likeness (QED) is 0.660. The summed E-state index contributed by atoms with van der Waals surface area (Å²) < 4.78 is 0. The molecule has 0 heterocycles. The van der Waals surface area contributed by atoms with Gasteiger partial charge in [0.2, 0.25) is 0 Å². The molecule has 1 aromatic rings. The smallest absolute Gasteiger partial charge is 0.0196 e. The van der Waals surface area contributed by atoms with Gasteiger partial charge in [-0.05, 0) is 43.4 Å². The Morgan fingerprint density at radius 2 is 2.00 bits per heavy atom. The summed E-state index contributed by atoms with van der Waals surface area (Å²) >= 11 is 0. The first-order valence-corrected chi connectivity index (χ1v) is 5.45. The van der Waals surface area contributed by atoms with Crippen LogP contribution in [0.1, 0.15) is 43.9 Å². The number of hydrogen-bond donors (Lipinski definition) is 0. The second-order valence-corrected chi connectivity index (χ2v) is 3.81. The van der Waals surface area contributed by atoms with Crippen molar-refractivity contribution in [2.75, 3.05) is 0 Å². The van der Waals surface area contributed by atoms with E-state index in [0.29, 0.717) is 0 Å². The summed E-state index contributed by atoms with van der Waals surface area (Å²) in [5, 5.41) is 0. The molecule has 0 aliphatic carbocycles. The minimum absolute atomic E-state index is 1.11. The molecule has 0 heteroatoms. The molecule has 0 radical (unpaired) electrons. The van der Waals surface area contributed by atoms with Crippen molar-refractivity contribution in [1.29, 1.82) is 0 Å². The van der Waals surface area contributed by atoms with E-state index in [1.807, 2.05) is 0 Å². The van der Waals surface area contributed by atoms with Gasteiger partial charge in [-0.25, -0.2) is 0 Å². The van der Waals surface area contributed by atoms with E-state index in [1.165, 1.54) is 22.3 Å². The van der Waals surface area contributed by atoms with Crippen molar-refractivity contribution < 1.29 is 0 Å². The predicted molar refractivity (Wildman–Crippen MR) is 64.5 cm³/mol. The Morgan fingerprint density at radius 1 is 1.29 bits per heavy atom. The largest absolute Gasteiger partial charge is 0.0813 e. The molecule has 0 saturated carbocycles. The van der Waals surface area contributed by atoms with Gasteiger partial charge in [-0.15, -0.1) is 0 Å². The molecule has 0 amide bonds. The minimum atomic E-state index is 1.11. The average Bonchev–Trinajstić information content (AvgIpc) is 2.18. The third-order valence-corrected chi connectivity index (χ3v) is 2.58. The SMILES string of the molecule is CC/C=C(/C)c1cc(C)ccc1CC. The Kier molecular flexibility index (Phi) is 3.94. The van der Waals surface area contributed by atoms with Crippen molar-refractivity contribution in [3.05, 3.63) is 41.0 Å². The molecule has 76 valence electrons. The molecule has 1 aromatic carbocycles. The van der Waals surface area contributed by atoms with E-state index in [2.05, 4.69) is 52.0 Å². The fourth-order valence-corrected chi connectivity index (χ4v) is 1.78. The van der Waals surface area contributed by atoms with Crippen molar-refractivity contribution in [2.45, 2.75) is 40.5 Å². The van der Waals surface area contributed by atoms with Gasteiger partial charge in [0, 0.05) is 0 Å². The Morgan fingerprint density at radius 3 is 2.57 bits per heavy atom. The Hall–Kier alpha value is -1.04. The van der Waals surface area contributed by atoms with Gasteiger partial charge < -0.3 is 0 Å². The van der Waals surface area contributed by atoms with Gasteiger partial charge in [0.05, 0.1) is 0 Å². The Balaban J connectivity index is 3.16. The van der Waals surface area contributed by atoms with Crippen molar-refractivity contribution in [1.82, 2.24) is 0 Å². The third-order valence-electron chi connectivity index (χ3n) is 2.58. The molecule has 0 bridgehead atoms. The number of benzene rings is 1. The first-order chi connectivity index (χ1) is 6.69. The fourth-order valence-electron chi connectivity index (χ4n) is 1.78. The van der Waals surface area contributed by atoms with E-state index in [4.69, 9.17) is 0 Å². The molecule has 14 heavy (non-hydrogen) atoms. The maximum atomic E-state index is 2.30. The molecule has 0 aliphatic rings. The molecule has 1 rings (SSSR count). The predicted octanol–water partition coefficient (Wildman–Crippen LogP) is 4.37. The normalized spacial score (nSPS) is 11.9. The van der Waals surface area contributed by atoms with Crippen LogP contribution in [0.5, 0.6) is 0 Å². The molecule has 0 unspecified atom stereocenters. The van der Waals surface area contributed by atoms with E-state index in [0.717, 1.165) is 12.8 Å². The topological polar surface area (TPSA) is 0 Å². The Bertz CT molecular complexity index is 332. The van der Waals surface area contributed by atoms with Gasteiger partial charge in [-0.2, -0.15) is 0 Å². The molecule has 0 fully saturated rings. The maximum Gasteiger partial charge on any atom is -0.0196 e. The van der Waals surface area contributed by atoms with E-state index < -0.39 is 0 Å². The number of allylic oxidation sites excluding steroid dienone is 2. The third kappa shape index (κ3) is 2.47. The maximum absolute atomic E-state index is 2.30. The molecule has 0 saturated heterocycles. The minimum Gasteiger partial charge on any atom is -0.0813 e. The highest BCUT2D eigenvalue weighted by Gasteiger charge is 2.02. The van der Waals surface area contributed by atoms with E-state index >= 15 is 0 Å². The highest BCUT2D eigenvalue weighted by atomic mass is 14.1. The van der Waals surface area contributed by atoms with Crippen molar-refractivity contribution in [2.24, 2.45) is 0 Å². The lowest BCUT2D eigenvalue weighted by Gasteiger charge is -2.09. The van der Waals surface area contributed by atoms with Crippen LogP contribution in [0.4, 0.5) is 0 Å². The zero-order chi connectivity index (χ0) is 10.6. The highest BCUT2D eigenvalue weighted by Crippen LogP contribution is 2.21. The van der Waals surface area contributed by atoms with Gasteiger partial charge in [-0.1, -0.05) is 43.7 Å². The van der Waals surface area contributed by atoms with Crippen LogP contribution in [0.3, 0.4) is 0 Å². The van der Waals surface area contributed by atoms with Crippen molar-refractivity contribution in [3.8, 4) is 0 Å². The van der Waals surface area contributed by atoms with Crippen LogP contribution in [0.25, 0.3) is 5.57 Å². The van der Waals surface area contributed by atoms with Crippen LogP contribution in [-0.4, -0.2) is 0 Å². The second kappa shape index (κ2) is 4.99. The van der Waals surface area contributed by atoms with Crippen molar-refractivity contribution in [3.63, 3.8) is 0 Å². The van der Waals surface area contributed by atoms with Crippen LogP contribution in [-0.2, 0) is 6.42 Å². The monoisotopic (exact) mass is 188 g/mol. The number of hydrogen-bond acceptors (Lipinski definition) is 0.